The SMILES string of the molecule is CC1=CCN(C)C(Cn2cccc2)C1. The van der Waals surface area contributed by atoms with Crippen molar-refractivity contribution in [1.82, 2.24) is 9.47 Å². The molecule has 1 aliphatic heterocycles. The van der Waals surface area contributed by atoms with Crippen LogP contribution in [0, 0.1) is 0 Å². The van der Waals surface area contributed by atoms with E-state index in [1.165, 1.54) is 12.0 Å². The molecule has 2 rings (SSSR count). The molecule has 76 valence electrons. The summed E-state index contributed by atoms with van der Waals surface area (Å²) in [4.78, 5) is 2.42. The van der Waals surface area contributed by atoms with Crippen LogP contribution in [0.15, 0.2) is 36.2 Å². The first-order valence-electron chi connectivity index (χ1n) is 5.22. The zero-order valence-electron chi connectivity index (χ0n) is 8.98. The van der Waals surface area contributed by atoms with Gasteiger partial charge in [-0.25, -0.2) is 0 Å². The zero-order valence-corrected chi connectivity index (χ0v) is 8.98. The largest absolute Gasteiger partial charge is 0.353 e. The van der Waals surface area contributed by atoms with Crippen molar-refractivity contribution >= 4 is 0 Å². The van der Waals surface area contributed by atoms with E-state index in [0.717, 1.165) is 13.1 Å². The van der Waals surface area contributed by atoms with Gasteiger partial charge < -0.3 is 4.57 Å². The van der Waals surface area contributed by atoms with Gasteiger partial charge in [0.15, 0.2) is 0 Å². The van der Waals surface area contributed by atoms with E-state index in [2.05, 4.69) is 54.0 Å². The van der Waals surface area contributed by atoms with E-state index in [9.17, 15) is 0 Å². The van der Waals surface area contributed by atoms with E-state index in [-0.39, 0.29) is 0 Å². The molecule has 14 heavy (non-hydrogen) atoms. The van der Waals surface area contributed by atoms with Crippen LogP contribution in [0.3, 0.4) is 0 Å². The molecule has 1 aliphatic rings. The molecule has 0 radical (unpaired) electrons. The van der Waals surface area contributed by atoms with Crippen molar-refractivity contribution in [3.8, 4) is 0 Å². The van der Waals surface area contributed by atoms with Gasteiger partial charge in [0, 0.05) is 31.5 Å². The van der Waals surface area contributed by atoms with Gasteiger partial charge in [-0.1, -0.05) is 11.6 Å². The third-order valence-electron chi connectivity index (χ3n) is 3.00. The second-order valence-electron chi connectivity index (χ2n) is 4.23. The Morgan fingerprint density at radius 1 is 1.36 bits per heavy atom. The van der Waals surface area contributed by atoms with Crippen molar-refractivity contribution < 1.29 is 0 Å². The number of hydrogen-bond donors (Lipinski definition) is 0. The molecule has 0 spiro atoms. The van der Waals surface area contributed by atoms with Crippen LogP contribution >= 0.6 is 0 Å². The Morgan fingerprint density at radius 3 is 2.79 bits per heavy atom. The van der Waals surface area contributed by atoms with Gasteiger partial charge >= 0.3 is 0 Å². The molecular weight excluding hydrogens is 172 g/mol. The predicted octanol–water partition coefficient (Wildman–Crippen LogP) is 2.14. The van der Waals surface area contributed by atoms with Crippen LogP contribution in [0.2, 0.25) is 0 Å². The normalized spacial score (nSPS) is 23.6. The molecule has 1 aromatic rings. The van der Waals surface area contributed by atoms with Crippen molar-refractivity contribution in [3.05, 3.63) is 36.2 Å². The lowest BCUT2D eigenvalue weighted by Crippen LogP contribution is -2.38. The molecule has 2 heteroatoms. The van der Waals surface area contributed by atoms with E-state index in [4.69, 9.17) is 0 Å². The second kappa shape index (κ2) is 4.01. The smallest absolute Gasteiger partial charge is 0.0378 e. The first-order chi connectivity index (χ1) is 6.75. The third kappa shape index (κ3) is 2.07. The van der Waals surface area contributed by atoms with Crippen molar-refractivity contribution in [2.45, 2.75) is 25.9 Å². The molecular formula is C12H18N2. The maximum absolute atomic E-state index is 2.42. The van der Waals surface area contributed by atoms with Gasteiger partial charge in [0.25, 0.3) is 0 Å². The zero-order chi connectivity index (χ0) is 9.97. The second-order valence-corrected chi connectivity index (χ2v) is 4.23. The van der Waals surface area contributed by atoms with Crippen molar-refractivity contribution in [1.29, 1.82) is 0 Å². The van der Waals surface area contributed by atoms with Gasteiger partial charge in [-0.3, -0.25) is 4.90 Å². The van der Waals surface area contributed by atoms with Crippen LogP contribution in [0.4, 0.5) is 0 Å². The van der Waals surface area contributed by atoms with Gasteiger partial charge in [0.05, 0.1) is 0 Å². The number of rotatable bonds is 2. The lowest BCUT2D eigenvalue weighted by molar-refractivity contribution is 0.226. The highest BCUT2D eigenvalue weighted by atomic mass is 15.2. The topological polar surface area (TPSA) is 8.17 Å². The molecule has 0 saturated heterocycles. The number of aromatic nitrogens is 1. The van der Waals surface area contributed by atoms with Crippen molar-refractivity contribution in [2.75, 3.05) is 13.6 Å². The van der Waals surface area contributed by atoms with Gasteiger partial charge in [0.2, 0.25) is 0 Å². The molecule has 2 heterocycles. The summed E-state index contributed by atoms with van der Waals surface area (Å²) in [7, 11) is 2.21. The van der Waals surface area contributed by atoms with Crippen LogP contribution in [0.25, 0.3) is 0 Å². The quantitative estimate of drug-likeness (QED) is 0.649. The monoisotopic (exact) mass is 190 g/mol. The molecule has 0 aliphatic carbocycles. The van der Waals surface area contributed by atoms with Gasteiger partial charge in [0.1, 0.15) is 0 Å². The summed E-state index contributed by atoms with van der Waals surface area (Å²) in [6.07, 6.45) is 7.81. The minimum atomic E-state index is 0.660. The van der Waals surface area contributed by atoms with Crippen LogP contribution in [0.5, 0.6) is 0 Å². The van der Waals surface area contributed by atoms with E-state index in [1.807, 2.05) is 0 Å². The van der Waals surface area contributed by atoms with Gasteiger partial charge in [-0.15, -0.1) is 0 Å². The van der Waals surface area contributed by atoms with E-state index in [0.29, 0.717) is 6.04 Å². The summed E-state index contributed by atoms with van der Waals surface area (Å²) in [6.45, 7) is 4.43. The predicted molar refractivity (Wildman–Crippen MR) is 59.2 cm³/mol. The number of hydrogen-bond acceptors (Lipinski definition) is 1. The highest BCUT2D eigenvalue weighted by Gasteiger charge is 2.18. The van der Waals surface area contributed by atoms with Crippen LogP contribution in [-0.4, -0.2) is 29.1 Å². The van der Waals surface area contributed by atoms with Crippen molar-refractivity contribution in [2.24, 2.45) is 0 Å². The fraction of sp³-hybridized carbons (Fsp3) is 0.500. The Kier molecular flexibility index (Phi) is 2.73. The summed E-state index contributed by atoms with van der Waals surface area (Å²) in [5.41, 5.74) is 1.53. The molecule has 0 saturated carbocycles. The highest BCUT2D eigenvalue weighted by molar-refractivity contribution is 5.07. The Labute approximate surface area is 85.8 Å². The first kappa shape index (κ1) is 9.53. The van der Waals surface area contributed by atoms with Crippen LogP contribution in [-0.2, 0) is 6.54 Å². The summed E-state index contributed by atoms with van der Waals surface area (Å²) in [5.74, 6) is 0. The molecule has 0 aromatic carbocycles. The highest BCUT2D eigenvalue weighted by Crippen LogP contribution is 2.17. The average molecular weight is 190 g/mol. The van der Waals surface area contributed by atoms with Gasteiger partial charge in [-0.2, -0.15) is 0 Å². The van der Waals surface area contributed by atoms with E-state index in [1.54, 1.807) is 0 Å². The molecule has 2 nitrogen and oxygen atoms in total. The Morgan fingerprint density at radius 2 is 2.07 bits per heavy atom. The maximum atomic E-state index is 2.42. The molecule has 1 unspecified atom stereocenters. The Hall–Kier alpha value is -1.02. The fourth-order valence-electron chi connectivity index (χ4n) is 2.00. The maximum Gasteiger partial charge on any atom is 0.0378 e. The lowest BCUT2D eigenvalue weighted by atomic mass is 10.0. The molecule has 0 bridgehead atoms. The fourth-order valence-corrected chi connectivity index (χ4v) is 2.00. The van der Waals surface area contributed by atoms with Crippen molar-refractivity contribution in [3.63, 3.8) is 0 Å². The van der Waals surface area contributed by atoms with E-state index < -0.39 is 0 Å². The molecule has 1 atom stereocenters. The number of nitrogens with zero attached hydrogens (tertiary/aromatic N) is 2. The Balaban J connectivity index is 2.01. The molecule has 0 N–H and O–H groups in total. The number of likely N-dealkylation sites (N-methyl/N-ethyl adjacent to an activating group) is 1. The average Bonchev–Trinajstić information content (AvgIpc) is 2.64. The van der Waals surface area contributed by atoms with Crippen LogP contribution < -0.4 is 0 Å². The third-order valence-corrected chi connectivity index (χ3v) is 3.00. The minimum absolute atomic E-state index is 0.660. The minimum Gasteiger partial charge on any atom is -0.353 e. The molecule has 0 fully saturated rings. The first-order valence-corrected chi connectivity index (χ1v) is 5.22. The summed E-state index contributed by atoms with van der Waals surface area (Å²) < 4.78 is 2.26. The lowest BCUT2D eigenvalue weighted by Gasteiger charge is -2.31. The van der Waals surface area contributed by atoms with Gasteiger partial charge in [-0.05, 0) is 32.5 Å². The summed E-state index contributed by atoms with van der Waals surface area (Å²) in [5, 5.41) is 0. The standard InChI is InChI=1S/C12H18N2/c1-11-5-8-13(2)12(9-11)10-14-6-3-4-7-14/h3-7,12H,8-10H2,1-2H3. The summed E-state index contributed by atoms with van der Waals surface area (Å²) in [6, 6.07) is 4.84. The molecule has 1 aromatic heterocycles. The summed E-state index contributed by atoms with van der Waals surface area (Å²) >= 11 is 0. The van der Waals surface area contributed by atoms with E-state index >= 15 is 0 Å². The Bertz CT molecular complexity index is 311. The van der Waals surface area contributed by atoms with Crippen LogP contribution in [0.1, 0.15) is 13.3 Å². The molecule has 0 amide bonds.